The number of aliphatic imine (C=N–C) groups is 1. The van der Waals surface area contributed by atoms with Crippen molar-refractivity contribution in [1.82, 2.24) is 0 Å². The summed E-state index contributed by atoms with van der Waals surface area (Å²) in [6.07, 6.45) is 0. The number of benzene rings is 3. The lowest BCUT2D eigenvalue weighted by molar-refractivity contribution is 1.43. The summed E-state index contributed by atoms with van der Waals surface area (Å²) in [5, 5.41) is 2.40. The van der Waals surface area contributed by atoms with Gasteiger partial charge in [-0.15, -0.1) is 0 Å². The molecule has 0 aromatic heterocycles. The van der Waals surface area contributed by atoms with Crippen molar-refractivity contribution in [3.05, 3.63) is 78.4 Å². The summed E-state index contributed by atoms with van der Waals surface area (Å²) in [6, 6.07) is 25.1. The van der Waals surface area contributed by atoms with Gasteiger partial charge in [-0.2, -0.15) is 4.99 Å². The van der Waals surface area contributed by atoms with E-state index in [9.17, 15) is 0 Å². The Morgan fingerprint density at radius 3 is 2.05 bits per heavy atom. The molecular formula is C20H15NS. The van der Waals surface area contributed by atoms with Crippen LogP contribution in [-0.2, 0) is 0 Å². The van der Waals surface area contributed by atoms with Crippen LogP contribution in [0.25, 0.3) is 22.3 Å². The normalized spacial score (nSPS) is 10.0. The van der Waals surface area contributed by atoms with E-state index in [4.69, 9.17) is 0 Å². The fourth-order valence-corrected chi connectivity index (χ4v) is 2.67. The molecule has 0 N–H and O–H groups in total. The van der Waals surface area contributed by atoms with Crippen molar-refractivity contribution >= 4 is 23.1 Å². The predicted molar refractivity (Wildman–Crippen MR) is 96.7 cm³/mol. The molecule has 0 aliphatic rings. The van der Waals surface area contributed by atoms with Gasteiger partial charge in [-0.25, -0.2) is 0 Å². The van der Waals surface area contributed by atoms with Crippen molar-refractivity contribution in [2.45, 2.75) is 6.92 Å². The van der Waals surface area contributed by atoms with Crippen LogP contribution in [0.5, 0.6) is 0 Å². The van der Waals surface area contributed by atoms with E-state index >= 15 is 0 Å². The average molecular weight is 301 g/mol. The first-order chi connectivity index (χ1) is 10.8. The van der Waals surface area contributed by atoms with Gasteiger partial charge < -0.3 is 0 Å². The predicted octanol–water partition coefficient (Wildman–Crippen LogP) is 6.06. The van der Waals surface area contributed by atoms with Gasteiger partial charge in [0.05, 0.1) is 10.8 Å². The lowest BCUT2D eigenvalue weighted by Gasteiger charge is -2.08. The summed E-state index contributed by atoms with van der Waals surface area (Å²) in [4.78, 5) is 4.02. The first-order valence-electron chi connectivity index (χ1n) is 7.12. The molecule has 3 aromatic rings. The van der Waals surface area contributed by atoms with E-state index in [1.54, 1.807) is 0 Å². The monoisotopic (exact) mass is 301 g/mol. The van der Waals surface area contributed by atoms with Gasteiger partial charge >= 0.3 is 0 Å². The Kier molecular flexibility index (Phi) is 4.24. The highest BCUT2D eigenvalue weighted by molar-refractivity contribution is 7.78. The van der Waals surface area contributed by atoms with Gasteiger partial charge in [0.25, 0.3) is 0 Å². The Hall–Kier alpha value is -2.54. The zero-order valence-electron chi connectivity index (χ0n) is 12.3. The minimum Gasteiger partial charge on any atom is -0.195 e. The number of hydrogen-bond donors (Lipinski definition) is 0. The number of hydrogen-bond acceptors (Lipinski definition) is 2. The summed E-state index contributed by atoms with van der Waals surface area (Å²) in [5.41, 5.74) is 6.90. The Morgan fingerprint density at radius 1 is 0.773 bits per heavy atom. The lowest BCUT2D eigenvalue weighted by atomic mass is 9.97. The number of aryl methyl sites for hydroxylation is 1. The van der Waals surface area contributed by atoms with Gasteiger partial charge in [-0.3, -0.25) is 0 Å². The molecule has 22 heavy (non-hydrogen) atoms. The number of nitrogens with zero attached hydrogens (tertiary/aromatic N) is 1. The summed E-state index contributed by atoms with van der Waals surface area (Å²) >= 11 is 4.65. The van der Waals surface area contributed by atoms with Crippen molar-refractivity contribution in [2.24, 2.45) is 4.99 Å². The number of isothiocyanates is 1. The summed E-state index contributed by atoms with van der Waals surface area (Å²) in [5.74, 6) is 0. The first kappa shape index (κ1) is 14.4. The molecule has 3 rings (SSSR count). The molecule has 0 aliphatic carbocycles. The molecule has 1 nitrogen and oxygen atoms in total. The number of thiocarbonyl (C=S) groups is 1. The van der Waals surface area contributed by atoms with Crippen LogP contribution in [0.15, 0.2) is 77.8 Å². The Balaban J connectivity index is 1.95. The van der Waals surface area contributed by atoms with Crippen LogP contribution in [0.4, 0.5) is 5.69 Å². The zero-order valence-corrected chi connectivity index (χ0v) is 13.1. The molecule has 0 saturated heterocycles. The zero-order chi connectivity index (χ0) is 15.4. The highest BCUT2D eigenvalue weighted by Gasteiger charge is 2.04. The highest BCUT2D eigenvalue weighted by Crippen LogP contribution is 2.29. The molecule has 0 aliphatic heterocycles. The molecule has 0 spiro atoms. The third-order valence-corrected chi connectivity index (χ3v) is 3.78. The molecule has 0 amide bonds. The second kappa shape index (κ2) is 6.48. The molecule has 0 heterocycles. The van der Waals surface area contributed by atoms with Crippen molar-refractivity contribution < 1.29 is 0 Å². The standard InChI is InChI=1S/C20H15NS/c1-15-13-19(21-14-22)11-12-20(15)18-9-7-17(8-10-18)16-5-3-2-4-6-16/h2-13H,1H3. The maximum absolute atomic E-state index is 4.65. The van der Waals surface area contributed by atoms with Crippen LogP contribution in [-0.4, -0.2) is 5.16 Å². The SMILES string of the molecule is Cc1cc(N=C=S)ccc1-c1ccc(-c2ccccc2)cc1. The molecule has 0 radical (unpaired) electrons. The Labute approximate surface area is 136 Å². The van der Waals surface area contributed by atoms with Crippen molar-refractivity contribution in [2.75, 3.05) is 0 Å². The lowest BCUT2D eigenvalue weighted by Crippen LogP contribution is -1.84. The van der Waals surface area contributed by atoms with Crippen LogP contribution in [0, 0.1) is 6.92 Å². The maximum atomic E-state index is 4.65. The highest BCUT2D eigenvalue weighted by atomic mass is 32.1. The van der Waals surface area contributed by atoms with E-state index in [0.717, 1.165) is 5.69 Å². The summed E-state index contributed by atoms with van der Waals surface area (Å²) < 4.78 is 0. The van der Waals surface area contributed by atoms with E-state index in [1.807, 2.05) is 18.2 Å². The second-order valence-electron chi connectivity index (χ2n) is 5.15. The molecule has 0 fully saturated rings. The molecule has 0 atom stereocenters. The first-order valence-corrected chi connectivity index (χ1v) is 7.53. The van der Waals surface area contributed by atoms with Gasteiger partial charge in [0.15, 0.2) is 0 Å². The van der Waals surface area contributed by atoms with Gasteiger partial charge in [0, 0.05) is 0 Å². The average Bonchev–Trinajstić information content (AvgIpc) is 2.56. The molecule has 0 saturated carbocycles. The Morgan fingerprint density at radius 2 is 1.41 bits per heavy atom. The molecule has 106 valence electrons. The largest absolute Gasteiger partial charge is 0.195 e. The number of rotatable bonds is 3. The van der Waals surface area contributed by atoms with E-state index in [2.05, 4.69) is 83.9 Å². The molecule has 2 heteroatoms. The topological polar surface area (TPSA) is 12.4 Å². The van der Waals surface area contributed by atoms with E-state index in [0.29, 0.717) is 0 Å². The molecular weight excluding hydrogens is 286 g/mol. The maximum Gasteiger partial charge on any atom is 0.0742 e. The van der Waals surface area contributed by atoms with Crippen molar-refractivity contribution in [3.63, 3.8) is 0 Å². The summed E-state index contributed by atoms with van der Waals surface area (Å²) in [7, 11) is 0. The van der Waals surface area contributed by atoms with Crippen molar-refractivity contribution in [1.29, 1.82) is 0 Å². The fraction of sp³-hybridized carbons (Fsp3) is 0.0500. The minimum atomic E-state index is 0.845. The van der Waals surface area contributed by atoms with Gasteiger partial charge in [0.2, 0.25) is 0 Å². The smallest absolute Gasteiger partial charge is 0.0742 e. The third kappa shape index (κ3) is 3.04. The van der Waals surface area contributed by atoms with Crippen LogP contribution < -0.4 is 0 Å². The van der Waals surface area contributed by atoms with E-state index < -0.39 is 0 Å². The van der Waals surface area contributed by atoms with Crippen molar-refractivity contribution in [3.8, 4) is 22.3 Å². The quantitative estimate of drug-likeness (QED) is 0.423. The third-order valence-electron chi connectivity index (χ3n) is 3.69. The van der Waals surface area contributed by atoms with Crippen LogP contribution in [0.2, 0.25) is 0 Å². The van der Waals surface area contributed by atoms with Gasteiger partial charge in [-0.1, -0.05) is 60.7 Å². The van der Waals surface area contributed by atoms with Gasteiger partial charge in [-0.05, 0) is 59.1 Å². The van der Waals surface area contributed by atoms with Crippen LogP contribution in [0.3, 0.4) is 0 Å². The molecule has 0 unspecified atom stereocenters. The van der Waals surface area contributed by atoms with Crippen LogP contribution in [0.1, 0.15) is 5.56 Å². The fourth-order valence-electron chi connectivity index (χ4n) is 2.57. The van der Waals surface area contributed by atoms with Gasteiger partial charge in [0.1, 0.15) is 0 Å². The molecule has 3 aromatic carbocycles. The summed E-state index contributed by atoms with van der Waals surface area (Å²) in [6.45, 7) is 2.09. The Bertz CT molecular complexity index is 829. The molecule has 0 bridgehead atoms. The van der Waals surface area contributed by atoms with E-state index in [1.165, 1.54) is 27.8 Å². The second-order valence-corrected chi connectivity index (χ2v) is 5.33. The minimum absolute atomic E-state index is 0.845. The van der Waals surface area contributed by atoms with E-state index in [-0.39, 0.29) is 0 Å². The van der Waals surface area contributed by atoms with Crippen LogP contribution >= 0.6 is 12.2 Å².